The monoisotopic (exact) mass is 446 g/mol. The third kappa shape index (κ3) is 4.72. The first kappa shape index (κ1) is 21.5. The molecule has 172 valence electrons. The summed E-state index contributed by atoms with van der Waals surface area (Å²) in [6.07, 6.45) is 5.02. The topological polar surface area (TPSA) is 61.5 Å². The molecule has 2 aromatic carbocycles. The van der Waals surface area contributed by atoms with Gasteiger partial charge in [0.05, 0.1) is 5.69 Å². The molecule has 2 fully saturated rings. The summed E-state index contributed by atoms with van der Waals surface area (Å²) in [6, 6.07) is 17.7. The molecule has 0 bridgehead atoms. The molecular formula is C26H31FN6. The number of halogens is 1. The van der Waals surface area contributed by atoms with Crippen molar-refractivity contribution in [1.82, 2.24) is 9.97 Å². The van der Waals surface area contributed by atoms with Crippen molar-refractivity contribution in [2.45, 2.75) is 19.3 Å². The summed E-state index contributed by atoms with van der Waals surface area (Å²) in [5.74, 6) is 2.15. The van der Waals surface area contributed by atoms with Crippen LogP contribution in [-0.4, -0.2) is 49.2 Å². The van der Waals surface area contributed by atoms with Gasteiger partial charge in [-0.15, -0.1) is 0 Å². The van der Waals surface area contributed by atoms with Crippen LogP contribution in [0.1, 0.15) is 18.4 Å². The van der Waals surface area contributed by atoms with E-state index >= 15 is 0 Å². The summed E-state index contributed by atoms with van der Waals surface area (Å²) in [7, 11) is 0. The molecule has 2 aliphatic rings. The largest absolute Gasteiger partial charge is 0.393 e. The van der Waals surface area contributed by atoms with Gasteiger partial charge in [0.25, 0.3) is 0 Å². The molecule has 0 atom stereocenters. The first-order valence-corrected chi connectivity index (χ1v) is 11.8. The predicted octanol–water partition coefficient (Wildman–Crippen LogP) is 3.98. The minimum atomic E-state index is -0.176. The van der Waals surface area contributed by atoms with E-state index in [0.717, 1.165) is 70.2 Å². The summed E-state index contributed by atoms with van der Waals surface area (Å²) in [5, 5.41) is 0. The molecule has 0 saturated carbocycles. The van der Waals surface area contributed by atoms with Gasteiger partial charge in [0.2, 0.25) is 0 Å². The highest BCUT2D eigenvalue weighted by molar-refractivity contribution is 5.76. The van der Waals surface area contributed by atoms with Crippen LogP contribution in [0.15, 0.2) is 60.9 Å². The Labute approximate surface area is 194 Å². The van der Waals surface area contributed by atoms with Gasteiger partial charge in [-0.1, -0.05) is 42.5 Å². The Morgan fingerprint density at radius 3 is 2.00 bits per heavy atom. The smallest absolute Gasteiger partial charge is 0.157 e. The molecular weight excluding hydrogens is 415 g/mol. The molecule has 7 heteroatoms. The van der Waals surface area contributed by atoms with Crippen molar-refractivity contribution in [3.63, 3.8) is 0 Å². The van der Waals surface area contributed by atoms with Crippen LogP contribution in [0.3, 0.4) is 0 Å². The molecule has 0 amide bonds. The Bertz CT molecular complexity index is 1060. The minimum Gasteiger partial charge on any atom is -0.393 e. The molecule has 1 aromatic heterocycles. The fourth-order valence-corrected chi connectivity index (χ4v) is 5.04. The predicted molar refractivity (Wildman–Crippen MR) is 132 cm³/mol. The highest BCUT2D eigenvalue weighted by atomic mass is 19.1. The summed E-state index contributed by atoms with van der Waals surface area (Å²) in [6.45, 7) is 4.86. The van der Waals surface area contributed by atoms with Gasteiger partial charge >= 0.3 is 0 Å². The first-order chi connectivity index (χ1) is 16.2. The summed E-state index contributed by atoms with van der Waals surface area (Å²) < 4.78 is 14.2. The van der Waals surface area contributed by atoms with E-state index in [4.69, 9.17) is 5.73 Å². The Kier molecular flexibility index (Phi) is 6.28. The van der Waals surface area contributed by atoms with Crippen LogP contribution in [0.2, 0.25) is 0 Å². The quantitative estimate of drug-likeness (QED) is 0.640. The number of hydrogen-bond donors (Lipinski definition) is 1. The molecule has 6 nitrogen and oxygen atoms in total. The standard InChI is InChI=1S/C26H31FN6/c27-22-8-4-5-9-23(22)31-14-16-33(17-15-31)26-24(28)25(29-19-30-26)32-12-10-21(11-13-32)18-20-6-2-1-3-7-20/h1-9,19,21H,10-18,28H2. The Hall–Kier alpha value is -3.35. The van der Waals surface area contributed by atoms with E-state index in [9.17, 15) is 4.39 Å². The average Bonchev–Trinajstić information content (AvgIpc) is 2.86. The number of nitrogen functional groups attached to an aromatic ring is 1. The molecule has 2 N–H and O–H groups in total. The molecule has 2 saturated heterocycles. The number of piperazine rings is 1. The van der Waals surface area contributed by atoms with Gasteiger partial charge in [-0.2, -0.15) is 0 Å². The Morgan fingerprint density at radius 2 is 1.33 bits per heavy atom. The van der Waals surface area contributed by atoms with E-state index in [1.807, 2.05) is 12.1 Å². The maximum Gasteiger partial charge on any atom is 0.157 e. The lowest BCUT2D eigenvalue weighted by molar-refractivity contribution is 0.402. The first-order valence-electron chi connectivity index (χ1n) is 11.8. The maximum absolute atomic E-state index is 14.2. The fraction of sp³-hybridized carbons (Fsp3) is 0.385. The number of aromatic nitrogens is 2. The molecule has 5 rings (SSSR count). The zero-order chi connectivity index (χ0) is 22.6. The van der Waals surface area contributed by atoms with Crippen molar-refractivity contribution in [2.75, 3.05) is 59.7 Å². The number of anilines is 4. The molecule has 3 aromatic rings. The van der Waals surface area contributed by atoms with Crippen LogP contribution >= 0.6 is 0 Å². The van der Waals surface area contributed by atoms with E-state index in [-0.39, 0.29) is 5.82 Å². The molecule has 0 spiro atoms. The normalized spacial score (nSPS) is 17.4. The molecule has 0 aliphatic carbocycles. The molecule has 2 aliphatic heterocycles. The van der Waals surface area contributed by atoms with E-state index in [1.54, 1.807) is 12.4 Å². The number of para-hydroxylation sites is 1. The second kappa shape index (κ2) is 9.65. The fourth-order valence-electron chi connectivity index (χ4n) is 5.04. The van der Waals surface area contributed by atoms with Crippen LogP contribution in [0.4, 0.5) is 27.4 Å². The van der Waals surface area contributed by atoms with Gasteiger partial charge in [-0.25, -0.2) is 14.4 Å². The highest BCUT2D eigenvalue weighted by Gasteiger charge is 2.26. The highest BCUT2D eigenvalue weighted by Crippen LogP contribution is 2.33. The Balaban J connectivity index is 1.21. The number of benzene rings is 2. The molecule has 0 radical (unpaired) electrons. The number of piperidine rings is 1. The van der Waals surface area contributed by atoms with Crippen molar-refractivity contribution in [3.05, 3.63) is 72.3 Å². The number of hydrogen-bond acceptors (Lipinski definition) is 6. The minimum absolute atomic E-state index is 0.176. The van der Waals surface area contributed by atoms with Crippen LogP contribution < -0.4 is 20.4 Å². The lowest BCUT2D eigenvalue weighted by atomic mass is 9.90. The SMILES string of the molecule is Nc1c(N2CCC(Cc3ccccc3)CC2)ncnc1N1CCN(c2ccccc2F)CC1. The van der Waals surface area contributed by atoms with E-state index in [0.29, 0.717) is 17.3 Å². The van der Waals surface area contributed by atoms with Crippen molar-refractivity contribution in [1.29, 1.82) is 0 Å². The second-order valence-electron chi connectivity index (χ2n) is 8.98. The number of nitrogens with two attached hydrogens (primary N) is 1. The van der Waals surface area contributed by atoms with Crippen LogP contribution in [0.5, 0.6) is 0 Å². The van der Waals surface area contributed by atoms with Crippen LogP contribution in [0.25, 0.3) is 0 Å². The summed E-state index contributed by atoms with van der Waals surface area (Å²) in [5.41, 5.74) is 9.31. The second-order valence-corrected chi connectivity index (χ2v) is 8.98. The van der Waals surface area contributed by atoms with Crippen LogP contribution in [-0.2, 0) is 6.42 Å². The molecule has 33 heavy (non-hydrogen) atoms. The van der Waals surface area contributed by atoms with Crippen molar-refractivity contribution in [3.8, 4) is 0 Å². The summed E-state index contributed by atoms with van der Waals surface area (Å²) >= 11 is 0. The third-order valence-electron chi connectivity index (χ3n) is 6.90. The van der Waals surface area contributed by atoms with Crippen LogP contribution in [0, 0.1) is 11.7 Å². The molecule has 0 unspecified atom stereocenters. The van der Waals surface area contributed by atoms with Crippen molar-refractivity contribution < 1.29 is 4.39 Å². The maximum atomic E-state index is 14.2. The van der Waals surface area contributed by atoms with Gasteiger partial charge in [0.1, 0.15) is 17.8 Å². The van der Waals surface area contributed by atoms with Gasteiger partial charge in [-0.3, -0.25) is 0 Å². The van der Waals surface area contributed by atoms with E-state index in [1.165, 1.54) is 11.6 Å². The van der Waals surface area contributed by atoms with Crippen molar-refractivity contribution >= 4 is 23.0 Å². The van der Waals surface area contributed by atoms with Gasteiger partial charge in [-0.05, 0) is 42.9 Å². The summed E-state index contributed by atoms with van der Waals surface area (Å²) in [4.78, 5) is 15.6. The Morgan fingerprint density at radius 1 is 0.758 bits per heavy atom. The van der Waals surface area contributed by atoms with Crippen molar-refractivity contribution in [2.24, 2.45) is 5.92 Å². The van der Waals surface area contributed by atoms with E-state index in [2.05, 4.69) is 55.0 Å². The van der Waals surface area contributed by atoms with Gasteiger partial charge < -0.3 is 20.4 Å². The number of nitrogens with zero attached hydrogens (tertiary/aromatic N) is 5. The lowest BCUT2D eigenvalue weighted by Gasteiger charge is -2.38. The number of rotatable bonds is 5. The van der Waals surface area contributed by atoms with Gasteiger partial charge in [0.15, 0.2) is 11.6 Å². The average molecular weight is 447 g/mol. The lowest BCUT2D eigenvalue weighted by Crippen LogP contribution is -2.47. The zero-order valence-corrected chi connectivity index (χ0v) is 18.9. The van der Waals surface area contributed by atoms with E-state index < -0.39 is 0 Å². The molecule has 3 heterocycles. The zero-order valence-electron chi connectivity index (χ0n) is 18.9. The van der Waals surface area contributed by atoms with Gasteiger partial charge in [0, 0.05) is 39.3 Å². The third-order valence-corrected chi connectivity index (χ3v) is 6.90.